The highest BCUT2D eigenvalue weighted by molar-refractivity contribution is 6.05. The third-order valence-corrected chi connectivity index (χ3v) is 9.40. The van der Waals surface area contributed by atoms with E-state index in [4.69, 9.17) is 60.5 Å². The lowest BCUT2D eigenvalue weighted by Crippen LogP contribution is -2.14. The van der Waals surface area contributed by atoms with Crippen LogP contribution < -0.4 is 0 Å². The quantitative estimate of drug-likeness (QED) is 0.0405. The van der Waals surface area contributed by atoms with Crippen molar-refractivity contribution in [2.24, 2.45) is 11.8 Å². The van der Waals surface area contributed by atoms with Crippen LogP contribution in [0.25, 0.3) is 0 Å². The Bertz CT molecular complexity index is 2730. The summed E-state index contributed by atoms with van der Waals surface area (Å²) < 4.78 is 9.96. The lowest BCUT2D eigenvalue weighted by molar-refractivity contribution is 0.0445. The van der Waals surface area contributed by atoms with Crippen molar-refractivity contribution >= 4 is 71.6 Å². The molecule has 0 saturated heterocycles. The van der Waals surface area contributed by atoms with Gasteiger partial charge in [-0.15, -0.1) is 0 Å². The van der Waals surface area contributed by atoms with Gasteiger partial charge in [0.05, 0.1) is 80.0 Å². The molecule has 80 heavy (non-hydrogen) atoms. The average molecular weight is 1110 g/mol. The lowest BCUT2D eigenvalue weighted by Gasteiger charge is -2.08. The Labute approximate surface area is 453 Å². The second-order valence-electron chi connectivity index (χ2n) is 16.3. The molecule has 0 atom stereocenters. The summed E-state index contributed by atoms with van der Waals surface area (Å²) in [6.45, 7) is 8.22. The molecule has 0 radical (unpaired) electrons. The van der Waals surface area contributed by atoms with Gasteiger partial charge in [0.2, 0.25) is 0 Å². The van der Waals surface area contributed by atoms with Crippen LogP contribution in [0.4, 0.5) is 0 Å². The van der Waals surface area contributed by atoms with Crippen LogP contribution in [0.3, 0.4) is 0 Å². The molecule has 10 N–H and O–H groups in total. The Hall–Kier alpha value is -11.0. The van der Waals surface area contributed by atoms with Crippen molar-refractivity contribution < 1.29 is 118 Å². The van der Waals surface area contributed by atoms with E-state index in [0.717, 1.165) is 0 Å². The van der Waals surface area contributed by atoms with Crippen LogP contribution in [-0.2, 0) is 9.47 Å². The Kier molecular flexibility index (Phi) is 28.3. The third-order valence-electron chi connectivity index (χ3n) is 9.40. The standard InChI is InChI=1S/2C12H14O4.4C8H6O4/c2*1-8(2)7-16-12(15)10-6-4-3-5-9(10)11(13)14;4*9-7(10)5-3-1-2-4-6(5)8(11)12/h2*3-6,8H,7H2,1-2H3,(H,13,14);4*1-4H,(H,9,10)(H,11,12). The van der Waals surface area contributed by atoms with Crippen LogP contribution in [0.5, 0.6) is 0 Å². The summed E-state index contributed by atoms with van der Waals surface area (Å²) in [6.07, 6.45) is 0. The van der Waals surface area contributed by atoms with Crippen molar-refractivity contribution in [3.05, 3.63) is 212 Å². The van der Waals surface area contributed by atoms with Gasteiger partial charge in [-0.2, -0.15) is 0 Å². The average Bonchev–Trinajstić information content (AvgIpc) is 3.42. The van der Waals surface area contributed by atoms with E-state index < -0.39 is 71.6 Å². The second kappa shape index (κ2) is 33.8. The number of aromatic carboxylic acids is 10. The number of carbonyl (C=O) groups excluding carboxylic acids is 2. The molecule has 0 aliphatic rings. The molecule has 0 spiro atoms. The Balaban J connectivity index is 0.000000482. The van der Waals surface area contributed by atoms with Gasteiger partial charge in [-0.1, -0.05) is 100 Å². The summed E-state index contributed by atoms with van der Waals surface area (Å²) in [5, 5.41) is 86.2. The van der Waals surface area contributed by atoms with Gasteiger partial charge in [-0.25, -0.2) is 57.5 Å². The fourth-order valence-corrected chi connectivity index (χ4v) is 5.76. The summed E-state index contributed by atoms with van der Waals surface area (Å²) in [5.41, 5.74) is -1.39. The largest absolute Gasteiger partial charge is 0.478 e. The van der Waals surface area contributed by atoms with Crippen LogP contribution in [-0.4, -0.2) is 136 Å². The summed E-state index contributed by atoms with van der Waals surface area (Å²) in [7, 11) is 0. The van der Waals surface area contributed by atoms with E-state index in [9.17, 15) is 57.5 Å². The predicted molar refractivity (Wildman–Crippen MR) is 278 cm³/mol. The van der Waals surface area contributed by atoms with Gasteiger partial charge in [0.1, 0.15) is 0 Å². The molecule has 0 aromatic heterocycles. The molecule has 6 aromatic carbocycles. The van der Waals surface area contributed by atoms with E-state index in [0.29, 0.717) is 0 Å². The van der Waals surface area contributed by atoms with Crippen molar-refractivity contribution in [2.45, 2.75) is 27.7 Å². The normalized spacial score (nSPS) is 9.68. The van der Waals surface area contributed by atoms with E-state index in [-0.39, 0.29) is 91.8 Å². The zero-order valence-corrected chi connectivity index (χ0v) is 42.6. The number of rotatable bonds is 16. The minimum Gasteiger partial charge on any atom is -0.478 e. The molecular formula is C56H52O24. The van der Waals surface area contributed by atoms with Gasteiger partial charge in [0.25, 0.3) is 0 Å². The molecule has 0 heterocycles. The topological polar surface area (TPSA) is 426 Å². The van der Waals surface area contributed by atoms with Crippen LogP contribution >= 0.6 is 0 Å². The van der Waals surface area contributed by atoms with Crippen molar-refractivity contribution in [1.82, 2.24) is 0 Å². The monoisotopic (exact) mass is 1110 g/mol. The van der Waals surface area contributed by atoms with Gasteiger partial charge in [0, 0.05) is 0 Å². The summed E-state index contributed by atoms with van der Waals surface area (Å²) in [5.74, 6) is -12.8. The van der Waals surface area contributed by atoms with Crippen LogP contribution in [0.1, 0.15) is 152 Å². The van der Waals surface area contributed by atoms with E-state index >= 15 is 0 Å². The Morgan fingerprint density at radius 1 is 0.250 bits per heavy atom. The predicted octanol–water partition coefficient (Wildman–Crippen LogP) is 8.73. The molecule has 24 heteroatoms. The molecule has 0 aliphatic carbocycles. The fourth-order valence-electron chi connectivity index (χ4n) is 5.76. The molecule has 6 rings (SSSR count). The smallest absolute Gasteiger partial charge is 0.339 e. The molecule has 0 saturated carbocycles. The highest BCUT2D eigenvalue weighted by Crippen LogP contribution is 2.14. The van der Waals surface area contributed by atoms with Crippen LogP contribution in [0.15, 0.2) is 146 Å². The summed E-state index contributed by atoms with van der Waals surface area (Å²) >= 11 is 0. The highest BCUT2D eigenvalue weighted by atomic mass is 16.5. The first-order valence-electron chi connectivity index (χ1n) is 22.8. The van der Waals surface area contributed by atoms with E-state index in [2.05, 4.69) is 0 Å². The molecule has 0 bridgehead atoms. The van der Waals surface area contributed by atoms with Gasteiger partial charge < -0.3 is 60.5 Å². The highest BCUT2D eigenvalue weighted by Gasteiger charge is 2.20. The minimum absolute atomic E-state index is 0.0312. The summed E-state index contributed by atoms with van der Waals surface area (Å²) in [6, 6.07) is 33.9. The Morgan fingerprint density at radius 2 is 0.362 bits per heavy atom. The Morgan fingerprint density at radius 3 is 0.475 bits per heavy atom. The van der Waals surface area contributed by atoms with Gasteiger partial charge in [-0.3, -0.25) is 0 Å². The number of ether oxygens (including phenoxy) is 2. The second-order valence-corrected chi connectivity index (χ2v) is 16.3. The van der Waals surface area contributed by atoms with Crippen molar-refractivity contribution in [2.75, 3.05) is 13.2 Å². The molecule has 6 aromatic rings. The minimum atomic E-state index is -1.23. The number of carboxylic acid groups (broad SMARTS) is 10. The maximum absolute atomic E-state index is 11.6. The lowest BCUT2D eigenvalue weighted by atomic mass is 10.1. The van der Waals surface area contributed by atoms with Crippen LogP contribution in [0.2, 0.25) is 0 Å². The number of hydrogen-bond acceptors (Lipinski definition) is 14. The summed E-state index contributed by atoms with van der Waals surface area (Å²) in [4.78, 5) is 129. The van der Waals surface area contributed by atoms with E-state index in [1.165, 1.54) is 121 Å². The first-order valence-corrected chi connectivity index (χ1v) is 22.8. The molecule has 420 valence electrons. The molecule has 0 aliphatic heterocycles. The number of esters is 2. The maximum atomic E-state index is 11.6. The molecule has 0 amide bonds. The van der Waals surface area contributed by atoms with Crippen molar-refractivity contribution in [3.8, 4) is 0 Å². The number of hydrogen-bond donors (Lipinski definition) is 10. The van der Waals surface area contributed by atoms with Gasteiger partial charge in [0.15, 0.2) is 0 Å². The van der Waals surface area contributed by atoms with E-state index in [1.807, 2.05) is 27.7 Å². The molecule has 0 fully saturated rings. The molecule has 24 nitrogen and oxygen atoms in total. The van der Waals surface area contributed by atoms with Crippen LogP contribution in [0, 0.1) is 11.8 Å². The van der Waals surface area contributed by atoms with Gasteiger partial charge >= 0.3 is 71.6 Å². The fraction of sp³-hybridized carbons (Fsp3) is 0.143. The van der Waals surface area contributed by atoms with E-state index in [1.54, 1.807) is 24.3 Å². The first-order chi connectivity index (χ1) is 37.5. The number of carbonyl (C=O) groups is 12. The maximum Gasteiger partial charge on any atom is 0.339 e. The number of carboxylic acids is 10. The SMILES string of the molecule is CC(C)COC(=O)c1ccccc1C(=O)O.CC(C)COC(=O)c1ccccc1C(=O)O.O=C(O)c1ccccc1C(=O)O.O=C(O)c1ccccc1C(=O)O.O=C(O)c1ccccc1C(=O)O.O=C(O)c1ccccc1C(=O)O. The molecular weight excluding hydrogens is 1060 g/mol. The first kappa shape index (κ1) is 67.0. The van der Waals surface area contributed by atoms with Crippen molar-refractivity contribution in [1.29, 1.82) is 0 Å². The zero-order valence-electron chi connectivity index (χ0n) is 42.6. The van der Waals surface area contributed by atoms with Crippen molar-refractivity contribution in [3.63, 3.8) is 0 Å². The number of benzene rings is 6. The third kappa shape index (κ3) is 22.8. The zero-order chi connectivity index (χ0) is 60.8. The molecule has 0 unspecified atom stereocenters. The van der Waals surface area contributed by atoms with Gasteiger partial charge in [-0.05, 0) is 84.6 Å².